The van der Waals surface area contributed by atoms with E-state index in [0.717, 1.165) is 10.4 Å². The smallest absolute Gasteiger partial charge is 0.329 e. The topological polar surface area (TPSA) is 71.3 Å². The predicted octanol–water partition coefficient (Wildman–Crippen LogP) is 5.06. The Morgan fingerprint density at radius 2 is 2.04 bits per heavy atom. The van der Waals surface area contributed by atoms with E-state index in [0.29, 0.717) is 35.1 Å². The Morgan fingerprint density at radius 1 is 1.29 bits per heavy atom. The molecule has 0 bridgehead atoms. The van der Waals surface area contributed by atoms with Crippen LogP contribution >= 0.6 is 22.9 Å². The normalized spacial score (nSPS) is 14.1. The molecule has 0 fully saturated rings. The number of aromatic nitrogens is 2. The Labute approximate surface area is 165 Å². The molecule has 1 aliphatic heterocycles. The van der Waals surface area contributed by atoms with Crippen molar-refractivity contribution in [2.75, 3.05) is 11.9 Å². The number of carbonyl (C=O) groups is 1. The van der Waals surface area contributed by atoms with Gasteiger partial charge in [0, 0.05) is 28.7 Å². The molecule has 1 aliphatic rings. The minimum Gasteiger partial charge on any atom is -0.329 e. The first-order valence-electron chi connectivity index (χ1n) is 8.14. The summed E-state index contributed by atoms with van der Waals surface area (Å²) in [6, 6.07) is 8.19. The highest BCUT2D eigenvalue weighted by Gasteiger charge is 2.38. The number of hydrogen-bond donors (Lipinski definition) is 1. The van der Waals surface area contributed by atoms with Gasteiger partial charge in [-0.05, 0) is 42.3 Å². The molecular formula is C17H12ClF3N4O2S. The van der Waals surface area contributed by atoms with Crippen molar-refractivity contribution in [3.8, 4) is 10.7 Å². The fraction of sp³-hybridized carbons (Fsp3) is 0.235. The van der Waals surface area contributed by atoms with E-state index in [4.69, 9.17) is 11.6 Å². The number of urea groups is 1. The lowest BCUT2D eigenvalue weighted by atomic mass is 10.1. The highest BCUT2D eigenvalue weighted by Crippen LogP contribution is 2.35. The second-order valence-electron chi connectivity index (χ2n) is 6.09. The van der Waals surface area contributed by atoms with Crippen LogP contribution in [0.15, 0.2) is 34.9 Å². The molecule has 2 aromatic heterocycles. The zero-order valence-electron chi connectivity index (χ0n) is 14.1. The number of nitrogens with zero attached hydrogens (tertiary/aromatic N) is 3. The molecule has 0 radical (unpaired) electrons. The second kappa shape index (κ2) is 7.10. The highest BCUT2D eigenvalue weighted by atomic mass is 35.5. The molecule has 6 nitrogen and oxygen atoms in total. The molecule has 0 aliphatic carbocycles. The quantitative estimate of drug-likeness (QED) is 0.619. The number of halogens is 4. The highest BCUT2D eigenvalue weighted by molar-refractivity contribution is 7.15. The maximum atomic E-state index is 12.6. The molecular weight excluding hydrogens is 417 g/mol. The van der Waals surface area contributed by atoms with Gasteiger partial charge in [-0.3, -0.25) is 0 Å². The van der Waals surface area contributed by atoms with Crippen LogP contribution in [0.2, 0.25) is 5.02 Å². The van der Waals surface area contributed by atoms with Gasteiger partial charge in [0.2, 0.25) is 5.82 Å². The SMILES string of the molecule is O=C(Nc1ccc(Cl)cc1)N1CCc2sc(-c3noc(C(F)(F)F)n3)cc2C1. The molecule has 2 amide bonds. The summed E-state index contributed by atoms with van der Waals surface area (Å²) in [6.07, 6.45) is -4.09. The van der Waals surface area contributed by atoms with Crippen molar-refractivity contribution in [1.82, 2.24) is 15.0 Å². The summed E-state index contributed by atoms with van der Waals surface area (Å²) < 4.78 is 42.2. The van der Waals surface area contributed by atoms with Crippen LogP contribution in [0.25, 0.3) is 10.7 Å². The van der Waals surface area contributed by atoms with Crippen LogP contribution in [0.5, 0.6) is 0 Å². The van der Waals surface area contributed by atoms with Gasteiger partial charge in [-0.1, -0.05) is 16.8 Å². The van der Waals surface area contributed by atoms with Crippen LogP contribution in [0.1, 0.15) is 16.3 Å². The summed E-state index contributed by atoms with van der Waals surface area (Å²) in [5, 5.41) is 6.78. The molecule has 0 atom stereocenters. The van der Waals surface area contributed by atoms with E-state index < -0.39 is 12.1 Å². The fourth-order valence-electron chi connectivity index (χ4n) is 2.79. The number of rotatable bonds is 2. The van der Waals surface area contributed by atoms with Crippen molar-refractivity contribution in [1.29, 1.82) is 0 Å². The number of alkyl halides is 3. The van der Waals surface area contributed by atoms with E-state index in [2.05, 4.69) is 20.0 Å². The summed E-state index contributed by atoms with van der Waals surface area (Å²) in [6.45, 7) is 0.835. The monoisotopic (exact) mass is 428 g/mol. The van der Waals surface area contributed by atoms with Crippen molar-refractivity contribution in [3.05, 3.63) is 51.7 Å². The largest absolute Gasteiger partial charge is 0.471 e. The molecule has 28 heavy (non-hydrogen) atoms. The Balaban J connectivity index is 1.48. The maximum Gasteiger partial charge on any atom is 0.471 e. The van der Waals surface area contributed by atoms with Gasteiger partial charge < -0.3 is 14.7 Å². The number of thiophene rings is 1. The summed E-state index contributed by atoms with van der Waals surface area (Å²) in [5.41, 5.74) is 1.48. The van der Waals surface area contributed by atoms with Crippen LogP contribution in [-0.2, 0) is 19.1 Å². The zero-order valence-corrected chi connectivity index (χ0v) is 15.7. The third-order valence-corrected chi connectivity index (χ3v) is 5.62. The van der Waals surface area contributed by atoms with Crippen LogP contribution < -0.4 is 5.32 Å². The summed E-state index contributed by atoms with van der Waals surface area (Å²) >= 11 is 7.14. The standard InChI is InChI=1S/C17H12ClF3N4O2S/c18-10-1-3-11(4-2-10)22-16(26)25-6-5-12-9(8-25)7-13(28-12)14-23-15(27-24-14)17(19,20)21/h1-4,7H,5-6,8H2,(H,22,26). The van der Waals surface area contributed by atoms with Gasteiger partial charge >= 0.3 is 18.1 Å². The molecule has 4 rings (SSSR count). The summed E-state index contributed by atoms with van der Waals surface area (Å²) in [5.74, 6) is -1.48. The number of nitrogens with one attached hydrogen (secondary N) is 1. The molecule has 3 aromatic rings. The van der Waals surface area contributed by atoms with Crippen molar-refractivity contribution < 1.29 is 22.5 Å². The molecule has 11 heteroatoms. The minimum absolute atomic E-state index is 0.108. The van der Waals surface area contributed by atoms with Crippen LogP contribution in [-0.4, -0.2) is 27.6 Å². The Kier molecular flexibility index (Phi) is 4.76. The maximum absolute atomic E-state index is 12.6. The van der Waals surface area contributed by atoms with Crippen molar-refractivity contribution in [2.24, 2.45) is 0 Å². The van der Waals surface area contributed by atoms with Gasteiger partial charge in [0.25, 0.3) is 0 Å². The van der Waals surface area contributed by atoms with Crippen molar-refractivity contribution in [3.63, 3.8) is 0 Å². The lowest BCUT2D eigenvalue weighted by Crippen LogP contribution is -2.38. The molecule has 1 N–H and O–H groups in total. The van der Waals surface area contributed by atoms with Gasteiger partial charge in [-0.2, -0.15) is 18.2 Å². The summed E-state index contributed by atoms with van der Waals surface area (Å²) in [7, 11) is 0. The third kappa shape index (κ3) is 3.83. The molecule has 1 aromatic carbocycles. The van der Waals surface area contributed by atoms with Gasteiger partial charge in [-0.25, -0.2) is 4.79 Å². The van der Waals surface area contributed by atoms with E-state index in [1.54, 1.807) is 35.2 Å². The van der Waals surface area contributed by atoms with Gasteiger partial charge in [0.15, 0.2) is 0 Å². The molecule has 3 heterocycles. The Bertz CT molecular complexity index is 1020. The van der Waals surface area contributed by atoms with Crippen LogP contribution in [0.4, 0.5) is 23.7 Å². The molecule has 0 unspecified atom stereocenters. The number of amides is 2. The number of hydrogen-bond acceptors (Lipinski definition) is 5. The lowest BCUT2D eigenvalue weighted by molar-refractivity contribution is -0.159. The first-order chi connectivity index (χ1) is 13.3. The number of benzene rings is 1. The predicted molar refractivity (Wildman–Crippen MR) is 97.2 cm³/mol. The zero-order chi connectivity index (χ0) is 19.9. The Morgan fingerprint density at radius 3 is 2.71 bits per heavy atom. The number of anilines is 1. The molecule has 146 valence electrons. The van der Waals surface area contributed by atoms with Gasteiger partial charge in [0.1, 0.15) is 0 Å². The average molecular weight is 429 g/mol. The average Bonchev–Trinajstić information content (AvgIpc) is 3.29. The molecule has 0 saturated heterocycles. The van der Waals surface area contributed by atoms with Crippen LogP contribution in [0.3, 0.4) is 0 Å². The third-order valence-electron chi connectivity index (χ3n) is 4.14. The first-order valence-corrected chi connectivity index (χ1v) is 9.33. The van der Waals surface area contributed by atoms with E-state index in [1.807, 2.05) is 0 Å². The van der Waals surface area contributed by atoms with E-state index in [1.165, 1.54) is 11.3 Å². The second-order valence-corrected chi connectivity index (χ2v) is 7.66. The van der Waals surface area contributed by atoms with Crippen LogP contribution in [0, 0.1) is 0 Å². The fourth-order valence-corrected chi connectivity index (χ4v) is 4.01. The number of carbonyl (C=O) groups excluding carboxylic acids is 1. The van der Waals surface area contributed by atoms with Crippen molar-refractivity contribution >= 4 is 34.7 Å². The van der Waals surface area contributed by atoms with E-state index >= 15 is 0 Å². The number of fused-ring (bicyclic) bond motifs is 1. The van der Waals surface area contributed by atoms with Gasteiger partial charge in [-0.15, -0.1) is 11.3 Å². The first kappa shape index (κ1) is 18.8. The minimum atomic E-state index is -4.68. The van der Waals surface area contributed by atoms with E-state index in [-0.39, 0.29) is 11.9 Å². The Hall–Kier alpha value is -2.59. The van der Waals surface area contributed by atoms with E-state index in [9.17, 15) is 18.0 Å². The lowest BCUT2D eigenvalue weighted by Gasteiger charge is -2.27. The van der Waals surface area contributed by atoms with Gasteiger partial charge in [0.05, 0.1) is 4.88 Å². The molecule has 0 spiro atoms. The van der Waals surface area contributed by atoms with Crippen molar-refractivity contribution in [2.45, 2.75) is 19.1 Å². The summed E-state index contributed by atoms with van der Waals surface area (Å²) in [4.78, 5) is 19.0. The molecule has 0 saturated carbocycles.